The minimum Gasteiger partial charge on any atom is -0.461 e. The summed E-state index contributed by atoms with van der Waals surface area (Å²) in [5, 5.41) is 4.29. The van der Waals surface area contributed by atoms with E-state index in [1.54, 1.807) is 11.7 Å². The highest BCUT2D eigenvalue weighted by Crippen LogP contribution is 2.37. The van der Waals surface area contributed by atoms with E-state index in [4.69, 9.17) is 9.47 Å². The van der Waals surface area contributed by atoms with Crippen LogP contribution in [0, 0.1) is 0 Å². The van der Waals surface area contributed by atoms with Gasteiger partial charge in [0.2, 0.25) is 0 Å². The molecule has 0 amide bonds. The van der Waals surface area contributed by atoms with Gasteiger partial charge in [0, 0.05) is 24.6 Å². The largest absolute Gasteiger partial charge is 0.461 e. The van der Waals surface area contributed by atoms with Crippen LogP contribution in [0.4, 0.5) is 0 Å². The van der Waals surface area contributed by atoms with E-state index in [1.165, 1.54) is 6.08 Å². The first-order chi connectivity index (χ1) is 9.61. The summed E-state index contributed by atoms with van der Waals surface area (Å²) in [4.78, 5) is 26.9. The highest BCUT2D eigenvalue weighted by molar-refractivity contribution is 5.85. The van der Waals surface area contributed by atoms with E-state index in [9.17, 15) is 9.59 Å². The van der Waals surface area contributed by atoms with Crippen LogP contribution < -0.4 is 0 Å². The molecule has 1 aliphatic carbocycles. The monoisotopic (exact) mass is 277 g/mol. The lowest BCUT2D eigenvalue weighted by atomic mass is 10.3. The Kier molecular flexibility index (Phi) is 3.25. The topological polar surface area (TPSA) is 83.3 Å². The molecule has 1 aromatic heterocycles. The molecular weight excluding hydrogens is 262 g/mol. The molecule has 2 aliphatic rings. The molecule has 7 nitrogen and oxygen atoms in total. The zero-order valence-electron chi connectivity index (χ0n) is 11.2. The molecule has 0 spiro atoms. The van der Waals surface area contributed by atoms with Crippen LogP contribution in [-0.4, -0.2) is 39.9 Å². The Bertz CT molecular complexity index is 586. The number of cyclic esters (lactones) is 1. The maximum Gasteiger partial charge on any atom is 0.331 e. The molecule has 7 heteroatoms. The Morgan fingerprint density at radius 3 is 3.00 bits per heavy atom. The number of ether oxygens (including phenoxy) is 2. The number of hydrogen-bond donors (Lipinski definition) is 0. The Morgan fingerprint density at radius 2 is 2.35 bits per heavy atom. The van der Waals surface area contributed by atoms with E-state index in [-0.39, 0.29) is 25.6 Å². The van der Waals surface area contributed by atoms with Crippen LogP contribution in [0.25, 0.3) is 0 Å². The van der Waals surface area contributed by atoms with Gasteiger partial charge in [0.15, 0.2) is 5.82 Å². The fourth-order valence-electron chi connectivity index (χ4n) is 1.96. The number of esters is 2. The lowest BCUT2D eigenvalue weighted by Gasteiger charge is -2.04. The lowest BCUT2D eigenvalue weighted by molar-refractivity contribution is -0.142. The van der Waals surface area contributed by atoms with Gasteiger partial charge in [0.1, 0.15) is 25.5 Å². The van der Waals surface area contributed by atoms with Gasteiger partial charge in [-0.25, -0.2) is 9.78 Å². The van der Waals surface area contributed by atoms with Crippen molar-refractivity contribution in [2.24, 2.45) is 7.05 Å². The number of rotatable bonds is 5. The summed E-state index contributed by atoms with van der Waals surface area (Å²) in [7, 11) is 1.77. The first kappa shape index (κ1) is 12.8. The van der Waals surface area contributed by atoms with Crippen LogP contribution in [0.3, 0.4) is 0 Å². The second-order valence-electron chi connectivity index (χ2n) is 5.03. The van der Waals surface area contributed by atoms with Crippen molar-refractivity contribution in [2.75, 3.05) is 13.2 Å². The molecule has 0 unspecified atom stereocenters. The first-order valence-electron chi connectivity index (χ1n) is 6.53. The number of nitrogens with zero attached hydrogens (tertiary/aromatic N) is 3. The minimum atomic E-state index is -0.390. The third kappa shape index (κ3) is 2.87. The Labute approximate surface area is 115 Å². The Balaban J connectivity index is 1.53. The minimum absolute atomic E-state index is 0.0813. The summed E-state index contributed by atoms with van der Waals surface area (Å²) in [6, 6.07) is 0. The number of aryl methyl sites for hydroxylation is 1. The molecule has 0 bridgehead atoms. The second kappa shape index (κ2) is 5.07. The van der Waals surface area contributed by atoms with Crippen molar-refractivity contribution in [1.82, 2.24) is 14.8 Å². The molecule has 106 valence electrons. The van der Waals surface area contributed by atoms with E-state index >= 15 is 0 Å². The zero-order valence-corrected chi connectivity index (χ0v) is 11.2. The molecule has 1 aliphatic heterocycles. The van der Waals surface area contributed by atoms with Crippen LogP contribution >= 0.6 is 0 Å². The molecule has 0 aromatic carbocycles. The standard InChI is InChI=1S/C13H15N3O4/c1-16-10(14-13(15-16)9-2-3-9)5-12(18)20-7-8-4-11(17)19-6-8/h4,9H,2-3,5-7H2,1H3. The van der Waals surface area contributed by atoms with Crippen molar-refractivity contribution in [2.45, 2.75) is 25.2 Å². The van der Waals surface area contributed by atoms with Crippen molar-refractivity contribution >= 4 is 11.9 Å². The maximum absolute atomic E-state index is 11.7. The summed E-state index contributed by atoms with van der Waals surface area (Å²) in [6.07, 6.45) is 3.67. The quantitative estimate of drug-likeness (QED) is 0.718. The molecule has 0 radical (unpaired) electrons. The highest BCUT2D eigenvalue weighted by atomic mass is 16.5. The molecule has 20 heavy (non-hydrogen) atoms. The van der Waals surface area contributed by atoms with Gasteiger partial charge >= 0.3 is 11.9 Å². The van der Waals surface area contributed by atoms with Gasteiger partial charge in [-0.15, -0.1) is 0 Å². The number of carbonyl (C=O) groups is 2. The number of aromatic nitrogens is 3. The molecular formula is C13H15N3O4. The molecule has 0 saturated heterocycles. The van der Waals surface area contributed by atoms with Gasteiger partial charge in [0.05, 0.1) is 0 Å². The molecule has 3 rings (SSSR count). The molecule has 2 heterocycles. The van der Waals surface area contributed by atoms with Gasteiger partial charge < -0.3 is 9.47 Å². The van der Waals surface area contributed by atoms with E-state index in [0.717, 1.165) is 18.7 Å². The number of carbonyl (C=O) groups excluding carboxylic acids is 2. The summed E-state index contributed by atoms with van der Waals surface area (Å²) < 4.78 is 11.4. The van der Waals surface area contributed by atoms with Gasteiger partial charge in [0.25, 0.3) is 0 Å². The molecule has 1 saturated carbocycles. The van der Waals surface area contributed by atoms with Gasteiger partial charge in [-0.05, 0) is 12.8 Å². The van der Waals surface area contributed by atoms with E-state index in [0.29, 0.717) is 17.3 Å². The second-order valence-corrected chi connectivity index (χ2v) is 5.03. The predicted molar refractivity (Wildman–Crippen MR) is 66.7 cm³/mol. The average molecular weight is 277 g/mol. The highest BCUT2D eigenvalue weighted by Gasteiger charge is 2.29. The molecule has 1 aromatic rings. The summed E-state index contributed by atoms with van der Waals surface area (Å²) in [6.45, 7) is 0.278. The maximum atomic E-state index is 11.7. The summed E-state index contributed by atoms with van der Waals surface area (Å²) >= 11 is 0. The fraction of sp³-hybridized carbons (Fsp3) is 0.538. The van der Waals surface area contributed by atoms with Crippen LogP contribution in [0.2, 0.25) is 0 Å². The number of hydrogen-bond acceptors (Lipinski definition) is 6. The molecule has 1 fully saturated rings. The van der Waals surface area contributed by atoms with Crippen molar-refractivity contribution in [3.05, 3.63) is 23.3 Å². The van der Waals surface area contributed by atoms with Crippen molar-refractivity contribution in [3.63, 3.8) is 0 Å². The molecule has 0 N–H and O–H groups in total. The van der Waals surface area contributed by atoms with E-state index in [1.807, 2.05) is 0 Å². The van der Waals surface area contributed by atoms with Gasteiger partial charge in [-0.2, -0.15) is 5.10 Å². The summed E-state index contributed by atoms with van der Waals surface area (Å²) in [5.41, 5.74) is 0.667. The molecule has 0 atom stereocenters. The van der Waals surface area contributed by atoms with E-state index < -0.39 is 5.97 Å². The summed E-state index contributed by atoms with van der Waals surface area (Å²) in [5.74, 6) is 1.09. The van der Waals surface area contributed by atoms with Gasteiger partial charge in [-0.3, -0.25) is 9.48 Å². The van der Waals surface area contributed by atoms with Gasteiger partial charge in [-0.1, -0.05) is 0 Å². The van der Waals surface area contributed by atoms with Crippen LogP contribution in [0.5, 0.6) is 0 Å². The lowest BCUT2D eigenvalue weighted by Crippen LogP contribution is -2.14. The van der Waals surface area contributed by atoms with Crippen molar-refractivity contribution in [3.8, 4) is 0 Å². The van der Waals surface area contributed by atoms with E-state index in [2.05, 4.69) is 10.1 Å². The zero-order chi connectivity index (χ0) is 14.1. The van der Waals surface area contributed by atoms with Crippen molar-refractivity contribution in [1.29, 1.82) is 0 Å². The SMILES string of the molecule is Cn1nc(C2CC2)nc1CC(=O)OCC1=CC(=O)OC1. The van der Waals surface area contributed by atoms with Crippen LogP contribution in [0.15, 0.2) is 11.6 Å². The third-order valence-corrected chi connectivity index (χ3v) is 3.25. The van der Waals surface area contributed by atoms with Crippen LogP contribution in [-0.2, 0) is 32.5 Å². The van der Waals surface area contributed by atoms with Crippen molar-refractivity contribution < 1.29 is 19.1 Å². The third-order valence-electron chi connectivity index (χ3n) is 3.25. The predicted octanol–water partition coefficient (Wildman–Crippen LogP) is 0.261. The Morgan fingerprint density at radius 1 is 1.55 bits per heavy atom. The fourth-order valence-corrected chi connectivity index (χ4v) is 1.96. The first-order valence-corrected chi connectivity index (χ1v) is 6.53. The smallest absolute Gasteiger partial charge is 0.331 e. The normalized spacial score (nSPS) is 17.9. The average Bonchev–Trinajstić information content (AvgIpc) is 3.09. The van der Waals surface area contributed by atoms with Crippen LogP contribution in [0.1, 0.15) is 30.4 Å². The Hall–Kier alpha value is -2.18.